The van der Waals surface area contributed by atoms with E-state index in [1.807, 2.05) is 72.8 Å². The second-order valence-corrected chi connectivity index (χ2v) is 18.5. The Morgan fingerprint density at radius 3 is 1.35 bits per heavy atom. The maximum absolute atomic E-state index is 4.60. The van der Waals surface area contributed by atoms with Crippen LogP contribution in [0.5, 0.6) is 0 Å². The minimum Gasteiger partial charge on any atom is -0.340 e. The molecule has 0 spiro atoms. The fraction of sp³-hybridized carbons (Fsp3) is 0.423. The van der Waals surface area contributed by atoms with Crippen LogP contribution in [0, 0.1) is 79.3 Å². The minimum atomic E-state index is 0. The quantitative estimate of drug-likeness (QED) is 0.103. The molecule has 4 fully saturated rings. The Kier molecular flexibility index (Phi) is 16.7. The van der Waals surface area contributed by atoms with Crippen molar-refractivity contribution in [2.24, 2.45) is 53.3 Å². The molecule has 4 aromatic rings. The summed E-state index contributed by atoms with van der Waals surface area (Å²) in [6.07, 6.45) is 18.6. The Bertz CT molecular complexity index is 1640. The zero-order valence-corrected chi connectivity index (χ0v) is 37.4. The predicted molar refractivity (Wildman–Crippen MR) is 230 cm³/mol. The fourth-order valence-electron chi connectivity index (χ4n) is 11.2. The second kappa shape index (κ2) is 21.1. The Labute approximate surface area is 351 Å². The minimum absolute atomic E-state index is 0. The van der Waals surface area contributed by atoms with E-state index < -0.39 is 0 Å². The van der Waals surface area contributed by atoms with Crippen LogP contribution in [0.3, 0.4) is 0 Å². The van der Waals surface area contributed by atoms with Crippen molar-refractivity contribution >= 4 is 9.52 Å². The van der Waals surface area contributed by atoms with Gasteiger partial charge in [-0.2, -0.15) is 35.1 Å². The molecule has 0 saturated heterocycles. The van der Waals surface area contributed by atoms with E-state index in [1.54, 1.807) is 11.1 Å². The summed E-state index contributed by atoms with van der Waals surface area (Å²) in [6, 6.07) is 42.5. The molecule has 0 N–H and O–H groups in total. The van der Waals surface area contributed by atoms with Crippen molar-refractivity contribution in [3.8, 4) is 0 Å². The standard InChI is InChI=1S/C18H27Si.C18H25.C16H12.Zr/c1-12-13(2)18(19-3)16-11-7-10-15(17(12)16)14-8-5-4-6-9-14;1-12-13(2)16-10-7-11-17(18(16)14(12)3)15-8-5-4-6-9-15;1-3-9-15(10-4-1)13-7-8-14-16-11-5-2-6-12-16;/h4-6,8-9,12-13,15-18H,1,7,10-11,19H2,2-3H3;4-6,8-9,12-14,16-18H,3,7,10-11H2,1-2H3;1-12H;/q2*-1;-2;+4. The number of hydrogen-bond donors (Lipinski definition) is 0. The monoisotopic (exact) mass is 806 g/mol. The van der Waals surface area contributed by atoms with Crippen LogP contribution >= 0.6 is 0 Å². The summed E-state index contributed by atoms with van der Waals surface area (Å²) in [4.78, 5) is 0. The molecule has 12 atom stereocenters. The summed E-state index contributed by atoms with van der Waals surface area (Å²) in [5.74, 6) is 9.02. The van der Waals surface area contributed by atoms with E-state index in [1.165, 1.54) is 38.5 Å². The van der Waals surface area contributed by atoms with Gasteiger partial charge < -0.3 is 13.8 Å². The summed E-state index contributed by atoms with van der Waals surface area (Å²) < 4.78 is 0. The van der Waals surface area contributed by atoms with Gasteiger partial charge in [-0.3, -0.25) is 0 Å². The van der Waals surface area contributed by atoms with Gasteiger partial charge in [0.2, 0.25) is 0 Å². The average Bonchev–Trinajstić information content (AvgIpc) is 3.60. The Hall–Kier alpha value is -2.54. The first-order valence-corrected chi connectivity index (χ1v) is 23.2. The van der Waals surface area contributed by atoms with Crippen molar-refractivity contribution in [1.29, 1.82) is 0 Å². The Morgan fingerprint density at radius 2 is 0.907 bits per heavy atom. The maximum atomic E-state index is 4.60. The zero-order chi connectivity index (χ0) is 37.2. The van der Waals surface area contributed by atoms with E-state index in [4.69, 9.17) is 0 Å². The third-order valence-electron chi connectivity index (χ3n) is 14.2. The van der Waals surface area contributed by atoms with Crippen molar-refractivity contribution in [1.82, 2.24) is 0 Å². The van der Waals surface area contributed by atoms with E-state index in [0.717, 1.165) is 69.9 Å². The fourth-order valence-corrected chi connectivity index (χ4v) is 13.5. The molecular weight excluding hydrogens is 744 g/mol. The van der Waals surface area contributed by atoms with Gasteiger partial charge in [-0.15, -0.1) is 48.5 Å². The van der Waals surface area contributed by atoms with E-state index in [2.05, 4.69) is 114 Å². The molecule has 0 radical (unpaired) electrons. The van der Waals surface area contributed by atoms with Gasteiger partial charge in [0.1, 0.15) is 0 Å². The molecule has 2 heteroatoms. The molecule has 4 aromatic carbocycles. The molecule has 0 heterocycles. The van der Waals surface area contributed by atoms with Crippen molar-refractivity contribution in [3.05, 3.63) is 182 Å². The summed E-state index contributed by atoms with van der Waals surface area (Å²) in [5.41, 5.74) is 6.35. The Balaban J connectivity index is 0.000000155. The first kappa shape index (κ1) is 42.6. The number of hydrogen-bond acceptors (Lipinski definition) is 0. The van der Waals surface area contributed by atoms with Gasteiger partial charge in [-0.1, -0.05) is 143 Å². The molecule has 280 valence electrons. The van der Waals surface area contributed by atoms with Gasteiger partial charge in [0.15, 0.2) is 0 Å². The first-order chi connectivity index (χ1) is 25.9. The number of allylic oxidation sites excluding steroid dienone is 2. The molecular formula is C52H64SiZr. The number of rotatable bonds is 6. The van der Waals surface area contributed by atoms with Gasteiger partial charge in [-0.25, -0.2) is 12.2 Å². The van der Waals surface area contributed by atoms with Gasteiger partial charge in [0.05, 0.1) is 0 Å². The molecule has 54 heavy (non-hydrogen) atoms. The van der Waals surface area contributed by atoms with Gasteiger partial charge in [0, 0.05) is 9.52 Å². The van der Waals surface area contributed by atoms with E-state index >= 15 is 0 Å². The maximum Gasteiger partial charge on any atom is 4.00 e. The van der Waals surface area contributed by atoms with Crippen LogP contribution < -0.4 is 0 Å². The molecule has 8 rings (SSSR count). The van der Waals surface area contributed by atoms with Crippen molar-refractivity contribution in [2.75, 3.05) is 0 Å². The predicted octanol–water partition coefficient (Wildman–Crippen LogP) is 13.0. The molecule has 0 aromatic heterocycles. The van der Waals surface area contributed by atoms with Crippen molar-refractivity contribution in [3.63, 3.8) is 0 Å². The van der Waals surface area contributed by atoms with E-state index in [0.29, 0.717) is 11.8 Å². The molecule has 12 unspecified atom stereocenters. The summed E-state index contributed by atoms with van der Waals surface area (Å²) >= 11 is 0. The largest absolute Gasteiger partial charge is 4.00 e. The van der Waals surface area contributed by atoms with Crippen LogP contribution in [-0.4, -0.2) is 9.52 Å². The van der Waals surface area contributed by atoms with Crippen molar-refractivity contribution < 1.29 is 26.2 Å². The zero-order valence-electron chi connectivity index (χ0n) is 33.5. The van der Waals surface area contributed by atoms with Crippen LogP contribution in [0.15, 0.2) is 133 Å². The van der Waals surface area contributed by atoms with Crippen LogP contribution in [0.4, 0.5) is 0 Å². The molecule has 0 nitrogen and oxygen atoms in total. The number of fused-ring (bicyclic) bond motifs is 2. The molecule has 0 amide bonds. The van der Waals surface area contributed by atoms with E-state index in [-0.39, 0.29) is 35.7 Å². The third kappa shape index (κ3) is 10.2. The van der Waals surface area contributed by atoms with Crippen LogP contribution in [0.2, 0.25) is 12.1 Å². The number of benzene rings is 4. The average molecular weight is 808 g/mol. The first-order valence-electron chi connectivity index (χ1n) is 20.9. The molecule has 4 aliphatic rings. The normalized spacial score (nSPS) is 32.9. The van der Waals surface area contributed by atoms with Crippen LogP contribution in [0.25, 0.3) is 0 Å². The van der Waals surface area contributed by atoms with E-state index in [9.17, 15) is 0 Å². The molecule has 0 aliphatic heterocycles. The molecule has 0 bridgehead atoms. The van der Waals surface area contributed by atoms with Gasteiger partial charge in [0.25, 0.3) is 0 Å². The summed E-state index contributed by atoms with van der Waals surface area (Å²) in [6.45, 7) is 19.0. The topological polar surface area (TPSA) is 0 Å². The second-order valence-electron chi connectivity index (χ2n) is 16.7. The van der Waals surface area contributed by atoms with Gasteiger partial charge in [-0.05, 0) is 65.5 Å². The van der Waals surface area contributed by atoms with Crippen LogP contribution in [0.1, 0.15) is 93.4 Å². The smallest absolute Gasteiger partial charge is 0.340 e. The molecule has 4 saturated carbocycles. The third-order valence-corrected chi connectivity index (χ3v) is 16.4. The SMILES string of the molecule is [C-](=CC=[C-]c1ccccc1)c1ccccc1.[CH2-]C1C(C)C(C)C2CCCC(c3ccccc3)C12.[CH2-]C1C(C)C([SiH2]C)C2CCCC(c3ccccc3)C12.[Zr+4]. The Morgan fingerprint density at radius 1 is 0.519 bits per heavy atom. The molecule has 4 aliphatic carbocycles. The summed E-state index contributed by atoms with van der Waals surface area (Å²) in [7, 11) is 0.103. The summed E-state index contributed by atoms with van der Waals surface area (Å²) in [5, 5.41) is 0. The van der Waals surface area contributed by atoms with Gasteiger partial charge >= 0.3 is 26.2 Å². The van der Waals surface area contributed by atoms with Crippen LogP contribution in [-0.2, 0) is 26.2 Å². The van der Waals surface area contributed by atoms with Crippen molar-refractivity contribution in [2.45, 2.75) is 83.2 Å².